The molecule has 0 radical (unpaired) electrons. The highest BCUT2D eigenvalue weighted by molar-refractivity contribution is 5.86. The number of nitrogens with zero attached hydrogens (tertiary/aromatic N) is 2. The predicted molar refractivity (Wildman–Crippen MR) is 69.5 cm³/mol. The molecule has 1 fully saturated rings. The van der Waals surface area contributed by atoms with Gasteiger partial charge in [-0.15, -0.1) is 0 Å². The minimum absolute atomic E-state index is 0.190. The van der Waals surface area contributed by atoms with Gasteiger partial charge in [-0.2, -0.15) is 0 Å². The van der Waals surface area contributed by atoms with Crippen molar-refractivity contribution in [1.82, 2.24) is 9.88 Å². The van der Waals surface area contributed by atoms with Crippen LogP contribution in [0.3, 0.4) is 0 Å². The molecule has 1 N–H and O–H groups in total. The standard InChI is InChI=1S/C14H20N2O2/c1-11-4-3-8-16(9-6-11)10-12-5-2-7-15-13(12)14(17)18/h2,5,7,11H,3-4,6,8-10H2,1H3,(H,17,18). The Morgan fingerprint density at radius 3 is 3.11 bits per heavy atom. The average Bonchev–Trinajstić information content (AvgIpc) is 2.55. The highest BCUT2D eigenvalue weighted by Gasteiger charge is 2.17. The quantitative estimate of drug-likeness (QED) is 0.892. The molecule has 4 heteroatoms. The highest BCUT2D eigenvalue weighted by atomic mass is 16.4. The Morgan fingerprint density at radius 2 is 2.33 bits per heavy atom. The Balaban J connectivity index is 2.06. The third-order valence-corrected chi connectivity index (χ3v) is 3.60. The SMILES string of the molecule is CC1CCCN(Cc2cccnc2C(=O)O)CC1. The molecule has 0 spiro atoms. The summed E-state index contributed by atoms with van der Waals surface area (Å²) in [5.74, 6) is -0.156. The molecule has 98 valence electrons. The van der Waals surface area contributed by atoms with Crippen LogP contribution in [-0.4, -0.2) is 34.0 Å². The smallest absolute Gasteiger partial charge is 0.354 e. The molecule has 0 aromatic carbocycles. The molecule has 1 atom stereocenters. The van der Waals surface area contributed by atoms with E-state index in [2.05, 4.69) is 16.8 Å². The highest BCUT2D eigenvalue weighted by Crippen LogP contribution is 2.18. The summed E-state index contributed by atoms with van der Waals surface area (Å²) in [6.07, 6.45) is 5.21. The second kappa shape index (κ2) is 5.96. The van der Waals surface area contributed by atoms with Crippen molar-refractivity contribution >= 4 is 5.97 Å². The first-order valence-electron chi connectivity index (χ1n) is 6.56. The van der Waals surface area contributed by atoms with Crippen molar-refractivity contribution in [2.45, 2.75) is 32.7 Å². The van der Waals surface area contributed by atoms with Gasteiger partial charge in [-0.3, -0.25) is 4.90 Å². The number of carboxylic acids is 1. The maximum absolute atomic E-state index is 11.1. The van der Waals surface area contributed by atoms with E-state index in [9.17, 15) is 4.79 Å². The van der Waals surface area contributed by atoms with Gasteiger partial charge in [0.25, 0.3) is 0 Å². The summed E-state index contributed by atoms with van der Waals surface area (Å²) < 4.78 is 0. The molecule has 1 aromatic heterocycles. The van der Waals surface area contributed by atoms with E-state index < -0.39 is 5.97 Å². The largest absolute Gasteiger partial charge is 0.477 e. The van der Waals surface area contributed by atoms with E-state index in [-0.39, 0.29) is 5.69 Å². The van der Waals surface area contributed by atoms with Crippen molar-refractivity contribution in [3.05, 3.63) is 29.6 Å². The van der Waals surface area contributed by atoms with Crippen LogP contribution in [0.5, 0.6) is 0 Å². The molecule has 18 heavy (non-hydrogen) atoms. The second-order valence-corrected chi connectivity index (χ2v) is 5.13. The number of carboxylic acid groups (broad SMARTS) is 1. The third kappa shape index (κ3) is 3.29. The number of carbonyl (C=O) groups is 1. The van der Waals surface area contributed by atoms with Gasteiger partial charge in [-0.25, -0.2) is 9.78 Å². The Labute approximate surface area is 108 Å². The molecule has 1 aliphatic rings. The van der Waals surface area contributed by atoms with Gasteiger partial charge >= 0.3 is 5.97 Å². The molecular formula is C14H20N2O2. The normalized spacial score (nSPS) is 21.5. The van der Waals surface area contributed by atoms with Crippen LogP contribution in [0.15, 0.2) is 18.3 Å². The van der Waals surface area contributed by atoms with Crippen molar-refractivity contribution in [3.8, 4) is 0 Å². The summed E-state index contributed by atoms with van der Waals surface area (Å²) in [6.45, 7) is 5.09. The van der Waals surface area contributed by atoms with Crippen LogP contribution < -0.4 is 0 Å². The number of rotatable bonds is 3. The van der Waals surface area contributed by atoms with Gasteiger partial charge in [-0.1, -0.05) is 13.0 Å². The summed E-state index contributed by atoms with van der Waals surface area (Å²) in [7, 11) is 0. The lowest BCUT2D eigenvalue weighted by Crippen LogP contribution is -2.25. The van der Waals surface area contributed by atoms with E-state index in [1.54, 1.807) is 0 Å². The van der Waals surface area contributed by atoms with Crippen molar-refractivity contribution in [3.63, 3.8) is 0 Å². The van der Waals surface area contributed by atoms with E-state index in [1.165, 1.54) is 25.5 Å². The molecule has 0 aliphatic carbocycles. The minimum Gasteiger partial charge on any atom is -0.477 e. The van der Waals surface area contributed by atoms with Crippen LogP contribution >= 0.6 is 0 Å². The first kappa shape index (κ1) is 13.0. The van der Waals surface area contributed by atoms with E-state index >= 15 is 0 Å². The summed E-state index contributed by atoms with van der Waals surface area (Å²) in [4.78, 5) is 17.4. The van der Waals surface area contributed by atoms with Crippen molar-refractivity contribution in [2.24, 2.45) is 5.92 Å². The van der Waals surface area contributed by atoms with E-state index in [1.807, 2.05) is 12.1 Å². The third-order valence-electron chi connectivity index (χ3n) is 3.60. The molecule has 1 unspecified atom stereocenters. The van der Waals surface area contributed by atoms with Crippen LogP contribution in [0.1, 0.15) is 42.2 Å². The Bertz CT molecular complexity index is 420. The fourth-order valence-electron chi connectivity index (χ4n) is 2.48. The Kier molecular flexibility index (Phi) is 4.31. The van der Waals surface area contributed by atoms with Crippen molar-refractivity contribution in [2.75, 3.05) is 13.1 Å². The molecule has 2 heterocycles. The molecule has 0 bridgehead atoms. The Hall–Kier alpha value is -1.42. The van der Waals surface area contributed by atoms with E-state index in [0.717, 1.165) is 24.6 Å². The average molecular weight is 248 g/mol. The van der Waals surface area contributed by atoms with Crippen molar-refractivity contribution < 1.29 is 9.90 Å². The lowest BCUT2D eigenvalue weighted by Gasteiger charge is -2.20. The van der Waals surface area contributed by atoms with E-state index in [4.69, 9.17) is 5.11 Å². The van der Waals surface area contributed by atoms with Crippen LogP contribution in [0.2, 0.25) is 0 Å². The summed E-state index contributed by atoms with van der Waals surface area (Å²) in [5.41, 5.74) is 1.01. The lowest BCUT2D eigenvalue weighted by molar-refractivity contribution is 0.0687. The maximum Gasteiger partial charge on any atom is 0.354 e. The van der Waals surface area contributed by atoms with Gasteiger partial charge in [0.15, 0.2) is 5.69 Å². The van der Waals surface area contributed by atoms with Crippen LogP contribution in [0.4, 0.5) is 0 Å². The maximum atomic E-state index is 11.1. The van der Waals surface area contributed by atoms with Gasteiger partial charge in [0, 0.05) is 12.7 Å². The number of hydrogen-bond acceptors (Lipinski definition) is 3. The van der Waals surface area contributed by atoms with E-state index in [0.29, 0.717) is 6.54 Å². The summed E-state index contributed by atoms with van der Waals surface area (Å²) >= 11 is 0. The molecule has 1 aliphatic heterocycles. The second-order valence-electron chi connectivity index (χ2n) is 5.13. The summed E-state index contributed by atoms with van der Waals surface area (Å²) in [6, 6.07) is 3.67. The monoisotopic (exact) mass is 248 g/mol. The fourth-order valence-corrected chi connectivity index (χ4v) is 2.48. The van der Waals surface area contributed by atoms with Gasteiger partial charge in [0.05, 0.1) is 0 Å². The molecule has 0 saturated carbocycles. The topological polar surface area (TPSA) is 53.4 Å². The fraction of sp³-hybridized carbons (Fsp3) is 0.571. The molecular weight excluding hydrogens is 228 g/mol. The van der Waals surface area contributed by atoms with Gasteiger partial charge < -0.3 is 5.11 Å². The molecule has 0 amide bonds. The zero-order chi connectivity index (χ0) is 13.0. The predicted octanol–water partition coefficient (Wildman–Crippen LogP) is 2.40. The zero-order valence-corrected chi connectivity index (χ0v) is 10.8. The number of likely N-dealkylation sites (tertiary alicyclic amines) is 1. The molecule has 1 saturated heterocycles. The number of aromatic nitrogens is 1. The lowest BCUT2D eigenvalue weighted by atomic mass is 10.0. The minimum atomic E-state index is -0.936. The first-order chi connectivity index (χ1) is 8.66. The van der Waals surface area contributed by atoms with Crippen LogP contribution in [0.25, 0.3) is 0 Å². The molecule has 1 aromatic rings. The van der Waals surface area contributed by atoms with Crippen molar-refractivity contribution in [1.29, 1.82) is 0 Å². The Morgan fingerprint density at radius 1 is 1.50 bits per heavy atom. The van der Waals surface area contributed by atoms with Crippen LogP contribution in [0, 0.1) is 5.92 Å². The zero-order valence-electron chi connectivity index (χ0n) is 10.8. The van der Waals surface area contributed by atoms with Gasteiger partial charge in [-0.05, 0) is 49.9 Å². The van der Waals surface area contributed by atoms with Gasteiger partial charge in [0.2, 0.25) is 0 Å². The van der Waals surface area contributed by atoms with Gasteiger partial charge in [0.1, 0.15) is 0 Å². The summed E-state index contributed by atoms with van der Waals surface area (Å²) in [5, 5.41) is 9.11. The molecule has 4 nitrogen and oxygen atoms in total. The number of pyridine rings is 1. The van der Waals surface area contributed by atoms with Crippen LogP contribution in [-0.2, 0) is 6.54 Å². The number of hydrogen-bond donors (Lipinski definition) is 1. The first-order valence-corrected chi connectivity index (χ1v) is 6.56. The number of aromatic carboxylic acids is 1. The molecule has 2 rings (SSSR count).